The number of anilines is 1. The topological polar surface area (TPSA) is 88.8 Å². The first-order valence-corrected chi connectivity index (χ1v) is 9.80. The Morgan fingerprint density at radius 3 is 2.79 bits per heavy atom. The number of unbranched alkanes of at least 4 members (excludes halogenated alkanes) is 1. The first-order chi connectivity index (χ1) is 13.6. The van der Waals surface area contributed by atoms with E-state index in [1.807, 2.05) is 6.92 Å². The van der Waals surface area contributed by atoms with E-state index in [1.54, 1.807) is 21.7 Å². The molecule has 0 radical (unpaired) electrons. The zero-order valence-electron chi connectivity index (χ0n) is 15.9. The fraction of sp³-hybridized carbons (Fsp3) is 0.500. The van der Waals surface area contributed by atoms with E-state index in [2.05, 4.69) is 26.9 Å². The Balaban J connectivity index is 1.58. The Kier molecular flexibility index (Phi) is 5.17. The summed E-state index contributed by atoms with van der Waals surface area (Å²) in [5, 5.41) is 5.78. The van der Waals surface area contributed by atoms with Crippen molar-refractivity contribution in [2.45, 2.75) is 26.7 Å². The zero-order valence-corrected chi connectivity index (χ0v) is 16.7. The highest BCUT2D eigenvalue weighted by molar-refractivity contribution is 6.31. The lowest BCUT2D eigenvalue weighted by atomic mass is 10.3. The number of amides is 1. The van der Waals surface area contributed by atoms with Gasteiger partial charge >= 0.3 is 6.09 Å². The Bertz CT molecular complexity index is 1010. The molecule has 1 aliphatic rings. The minimum Gasteiger partial charge on any atom is -0.449 e. The van der Waals surface area contributed by atoms with Crippen LogP contribution in [0.25, 0.3) is 16.7 Å². The molecule has 0 saturated carbocycles. The standard InChI is InChI=1S/C18H22ClN7O2/c1-3-4-9-28-18(27)25-7-5-24(6-8-25)17-22-15-14(10-13(19)11-20-15)16-21-12(2)23-26(16)17/h10-11H,3-9H2,1-2H3. The first kappa shape index (κ1) is 18.7. The summed E-state index contributed by atoms with van der Waals surface area (Å²) in [5.41, 5.74) is 1.25. The molecule has 1 aliphatic heterocycles. The number of piperazine rings is 1. The second-order valence-electron chi connectivity index (χ2n) is 6.77. The van der Waals surface area contributed by atoms with E-state index in [0.717, 1.165) is 18.2 Å². The van der Waals surface area contributed by atoms with E-state index < -0.39 is 0 Å². The minimum atomic E-state index is -0.252. The van der Waals surface area contributed by atoms with Crippen LogP contribution in [0.15, 0.2) is 12.3 Å². The highest BCUT2D eigenvalue weighted by atomic mass is 35.5. The summed E-state index contributed by atoms with van der Waals surface area (Å²) in [7, 11) is 0. The van der Waals surface area contributed by atoms with Crippen LogP contribution in [0.1, 0.15) is 25.6 Å². The van der Waals surface area contributed by atoms with Gasteiger partial charge in [-0.25, -0.2) is 14.8 Å². The second-order valence-corrected chi connectivity index (χ2v) is 7.21. The molecule has 1 saturated heterocycles. The lowest BCUT2D eigenvalue weighted by Gasteiger charge is -2.34. The maximum Gasteiger partial charge on any atom is 0.409 e. The van der Waals surface area contributed by atoms with E-state index in [4.69, 9.17) is 21.3 Å². The van der Waals surface area contributed by atoms with Gasteiger partial charge in [-0.1, -0.05) is 24.9 Å². The van der Waals surface area contributed by atoms with Gasteiger partial charge in [-0.05, 0) is 19.4 Å². The molecular weight excluding hydrogens is 382 g/mol. The van der Waals surface area contributed by atoms with Crippen molar-refractivity contribution >= 4 is 40.3 Å². The number of rotatable bonds is 4. The molecule has 4 rings (SSSR count). The third kappa shape index (κ3) is 3.54. The molecule has 148 valence electrons. The highest BCUT2D eigenvalue weighted by Crippen LogP contribution is 2.24. The number of hydrogen-bond donors (Lipinski definition) is 0. The van der Waals surface area contributed by atoms with Crippen LogP contribution in [-0.2, 0) is 4.74 Å². The maximum absolute atomic E-state index is 12.2. The van der Waals surface area contributed by atoms with Gasteiger partial charge in [-0.15, -0.1) is 5.10 Å². The Morgan fingerprint density at radius 1 is 1.25 bits per heavy atom. The Morgan fingerprint density at radius 2 is 2.04 bits per heavy atom. The van der Waals surface area contributed by atoms with Crippen molar-refractivity contribution in [2.75, 3.05) is 37.7 Å². The van der Waals surface area contributed by atoms with Gasteiger partial charge in [0.05, 0.1) is 17.0 Å². The number of aromatic nitrogens is 5. The van der Waals surface area contributed by atoms with Crippen molar-refractivity contribution in [2.24, 2.45) is 0 Å². The van der Waals surface area contributed by atoms with Crippen LogP contribution in [0.4, 0.5) is 10.7 Å². The normalized spacial score (nSPS) is 14.8. The number of carbonyl (C=O) groups excluding carboxylic acids is 1. The number of nitrogens with zero attached hydrogens (tertiary/aromatic N) is 7. The van der Waals surface area contributed by atoms with Crippen LogP contribution < -0.4 is 4.90 Å². The molecule has 0 aliphatic carbocycles. The van der Waals surface area contributed by atoms with Crippen LogP contribution in [0.5, 0.6) is 0 Å². The minimum absolute atomic E-state index is 0.252. The fourth-order valence-electron chi connectivity index (χ4n) is 3.25. The van der Waals surface area contributed by atoms with Crippen LogP contribution >= 0.6 is 11.6 Å². The Labute approximate surface area is 167 Å². The molecular formula is C18H22ClN7O2. The van der Waals surface area contributed by atoms with E-state index in [0.29, 0.717) is 60.9 Å². The van der Waals surface area contributed by atoms with Crippen molar-refractivity contribution in [3.63, 3.8) is 0 Å². The average Bonchev–Trinajstić information content (AvgIpc) is 3.09. The monoisotopic (exact) mass is 403 g/mol. The zero-order chi connectivity index (χ0) is 19.7. The van der Waals surface area contributed by atoms with Crippen LogP contribution in [0.3, 0.4) is 0 Å². The number of fused-ring (bicyclic) bond motifs is 3. The second kappa shape index (κ2) is 7.75. The molecule has 3 aromatic heterocycles. The first-order valence-electron chi connectivity index (χ1n) is 9.42. The van der Waals surface area contributed by atoms with Crippen molar-refractivity contribution in [3.8, 4) is 0 Å². The Hall–Kier alpha value is -2.68. The maximum atomic E-state index is 12.2. The van der Waals surface area contributed by atoms with Gasteiger partial charge in [0.15, 0.2) is 11.3 Å². The fourth-order valence-corrected chi connectivity index (χ4v) is 3.40. The van der Waals surface area contributed by atoms with E-state index >= 15 is 0 Å². The van der Waals surface area contributed by atoms with Gasteiger partial charge in [0.2, 0.25) is 5.95 Å². The van der Waals surface area contributed by atoms with Crippen LogP contribution in [0, 0.1) is 6.92 Å². The van der Waals surface area contributed by atoms with Gasteiger partial charge in [0, 0.05) is 32.4 Å². The molecule has 0 N–H and O–H groups in total. The molecule has 1 fully saturated rings. The lowest BCUT2D eigenvalue weighted by molar-refractivity contribution is 0.0988. The lowest BCUT2D eigenvalue weighted by Crippen LogP contribution is -2.49. The van der Waals surface area contributed by atoms with Crippen molar-refractivity contribution in [1.82, 2.24) is 29.5 Å². The van der Waals surface area contributed by atoms with E-state index in [1.165, 1.54) is 0 Å². The molecule has 3 aromatic rings. The molecule has 1 amide bonds. The number of halogens is 1. The highest BCUT2D eigenvalue weighted by Gasteiger charge is 2.25. The van der Waals surface area contributed by atoms with Crippen LogP contribution in [0.2, 0.25) is 5.02 Å². The molecule has 28 heavy (non-hydrogen) atoms. The molecule has 4 heterocycles. The predicted molar refractivity (Wildman–Crippen MR) is 106 cm³/mol. The molecule has 0 spiro atoms. The van der Waals surface area contributed by atoms with Gasteiger partial charge in [-0.3, -0.25) is 0 Å². The van der Waals surface area contributed by atoms with Gasteiger partial charge in [0.1, 0.15) is 5.82 Å². The van der Waals surface area contributed by atoms with Gasteiger partial charge < -0.3 is 14.5 Å². The van der Waals surface area contributed by atoms with Crippen LogP contribution in [-0.4, -0.2) is 68.3 Å². The molecule has 10 heteroatoms. The van der Waals surface area contributed by atoms with Crippen molar-refractivity contribution in [1.29, 1.82) is 0 Å². The van der Waals surface area contributed by atoms with Crippen molar-refractivity contribution in [3.05, 3.63) is 23.1 Å². The summed E-state index contributed by atoms with van der Waals surface area (Å²) in [5.74, 6) is 1.31. The van der Waals surface area contributed by atoms with Gasteiger partial charge in [0.25, 0.3) is 0 Å². The van der Waals surface area contributed by atoms with Gasteiger partial charge in [-0.2, -0.15) is 9.50 Å². The molecule has 0 atom stereocenters. The predicted octanol–water partition coefficient (Wildman–Crippen LogP) is 2.69. The molecule has 0 bridgehead atoms. The summed E-state index contributed by atoms with van der Waals surface area (Å²) < 4.78 is 7.04. The molecule has 0 aromatic carbocycles. The summed E-state index contributed by atoms with van der Waals surface area (Å²) in [6, 6.07) is 1.80. The summed E-state index contributed by atoms with van der Waals surface area (Å²) >= 11 is 6.10. The smallest absolute Gasteiger partial charge is 0.409 e. The number of pyridine rings is 1. The molecule has 9 nitrogen and oxygen atoms in total. The van der Waals surface area contributed by atoms with E-state index in [9.17, 15) is 4.79 Å². The third-order valence-corrected chi connectivity index (χ3v) is 4.93. The number of hydrogen-bond acceptors (Lipinski definition) is 7. The largest absolute Gasteiger partial charge is 0.449 e. The number of aryl methyl sites for hydroxylation is 1. The SMILES string of the molecule is CCCCOC(=O)N1CCN(c2nc3ncc(Cl)cc3c3nc(C)nn23)CC1. The molecule has 0 unspecified atom stereocenters. The number of carbonyl (C=O) groups is 1. The van der Waals surface area contributed by atoms with E-state index in [-0.39, 0.29) is 6.09 Å². The number of ether oxygens (including phenoxy) is 1. The average molecular weight is 404 g/mol. The third-order valence-electron chi connectivity index (χ3n) is 4.73. The summed E-state index contributed by atoms with van der Waals surface area (Å²) in [6.07, 6.45) is 3.21. The summed E-state index contributed by atoms with van der Waals surface area (Å²) in [6.45, 7) is 6.76. The van der Waals surface area contributed by atoms with Crippen molar-refractivity contribution < 1.29 is 9.53 Å². The summed E-state index contributed by atoms with van der Waals surface area (Å²) in [4.78, 5) is 29.5. The quantitative estimate of drug-likeness (QED) is 0.618.